The second-order valence-corrected chi connectivity index (χ2v) is 5.74. The third kappa shape index (κ3) is 4.76. The number of ether oxygens (including phenoxy) is 3. The van der Waals surface area contributed by atoms with Crippen LogP contribution in [-0.2, 0) is 11.2 Å². The Balaban J connectivity index is 2.00. The Hall–Kier alpha value is -2.47. The predicted molar refractivity (Wildman–Crippen MR) is 96.2 cm³/mol. The van der Waals surface area contributed by atoms with E-state index < -0.39 is 0 Å². The van der Waals surface area contributed by atoms with E-state index in [1.54, 1.807) is 50.9 Å². The van der Waals surface area contributed by atoms with E-state index in [-0.39, 0.29) is 5.91 Å². The Kier molecular flexibility index (Phi) is 6.69. The highest BCUT2D eigenvalue weighted by Gasteiger charge is 2.10. The van der Waals surface area contributed by atoms with Gasteiger partial charge in [0.05, 0.1) is 21.3 Å². The number of hydrogen-bond acceptors (Lipinski definition) is 5. The molecule has 0 bridgehead atoms. The van der Waals surface area contributed by atoms with E-state index in [0.29, 0.717) is 23.8 Å². The van der Waals surface area contributed by atoms with Gasteiger partial charge >= 0.3 is 0 Å². The highest BCUT2D eigenvalue weighted by molar-refractivity contribution is 7.07. The first-order chi connectivity index (χ1) is 11.7. The smallest absolute Gasteiger partial charge is 0.244 e. The largest absolute Gasteiger partial charge is 0.496 e. The van der Waals surface area contributed by atoms with E-state index in [2.05, 4.69) is 16.8 Å². The molecule has 0 aliphatic heterocycles. The Morgan fingerprint density at radius 1 is 1.12 bits per heavy atom. The molecular formula is C18H21NO4S. The molecule has 6 heteroatoms. The van der Waals surface area contributed by atoms with E-state index in [9.17, 15) is 4.79 Å². The molecule has 1 aromatic carbocycles. The summed E-state index contributed by atoms with van der Waals surface area (Å²) in [7, 11) is 4.70. The number of methoxy groups -OCH3 is 3. The standard InChI is InChI=1S/C18H21NO4S/c1-21-15-11-17(23-3)16(22-2)10-14(15)4-5-18(20)19-8-6-13-7-9-24-12-13/h4-5,7,9-12H,6,8H2,1-3H3,(H,19,20)/b5-4+. The van der Waals surface area contributed by atoms with Crippen molar-refractivity contribution in [2.45, 2.75) is 6.42 Å². The summed E-state index contributed by atoms with van der Waals surface area (Å²) in [5.74, 6) is 1.61. The van der Waals surface area contributed by atoms with Gasteiger partial charge in [-0.3, -0.25) is 4.79 Å². The van der Waals surface area contributed by atoms with Crippen molar-refractivity contribution < 1.29 is 19.0 Å². The number of amides is 1. The van der Waals surface area contributed by atoms with E-state index in [4.69, 9.17) is 14.2 Å². The Bertz CT molecular complexity index is 695. The van der Waals surface area contributed by atoms with E-state index in [1.807, 2.05) is 5.38 Å². The van der Waals surface area contributed by atoms with Gasteiger partial charge in [-0.1, -0.05) is 0 Å². The zero-order valence-corrected chi connectivity index (χ0v) is 14.8. The zero-order chi connectivity index (χ0) is 17.4. The van der Waals surface area contributed by atoms with Gasteiger partial charge in [-0.2, -0.15) is 11.3 Å². The number of nitrogens with one attached hydrogen (secondary N) is 1. The lowest BCUT2D eigenvalue weighted by Gasteiger charge is -2.12. The van der Waals surface area contributed by atoms with Crippen LogP contribution in [0.5, 0.6) is 17.2 Å². The van der Waals surface area contributed by atoms with E-state index >= 15 is 0 Å². The lowest BCUT2D eigenvalue weighted by molar-refractivity contribution is -0.116. The van der Waals surface area contributed by atoms with Gasteiger partial charge in [-0.25, -0.2) is 0 Å². The average molecular weight is 347 g/mol. The van der Waals surface area contributed by atoms with Gasteiger partial charge in [-0.15, -0.1) is 0 Å². The molecule has 1 aromatic heterocycles. The van der Waals surface area contributed by atoms with E-state index in [0.717, 1.165) is 12.0 Å². The minimum absolute atomic E-state index is 0.151. The SMILES string of the molecule is COc1cc(OC)c(OC)cc1/C=C/C(=O)NCCc1ccsc1. The Morgan fingerprint density at radius 3 is 2.46 bits per heavy atom. The third-order valence-electron chi connectivity index (χ3n) is 3.44. The molecule has 0 saturated carbocycles. The molecule has 0 aliphatic carbocycles. The van der Waals surface area contributed by atoms with Crippen LogP contribution < -0.4 is 19.5 Å². The Morgan fingerprint density at radius 2 is 1.83 bits per heavy atom. The summed E-state index contributed by atoms with van der Waals surface area (Å²) < 4.78 is 15.8. The van der Waals surface area contributed by atoms with Crippen LogP contribution in [0.1, 0.15) is 11.1 Å². The van der Waals surface area contributed by atoms with Crippen LogP contribution in [0.4, 0.5) is 0 Å². The van der Waals surface area contributed by atoms with Crippen molar-refractivity contribution in [3.8, 4) is 17.2 Å². The van der Waals surface area contributed by atoms with Gasteiger partial charge in [0.2, 0.25) is 5.91 Å². The molecular weight excluding hydrogens is 326 g/mol. The monoisotopic (exact) mass is 347 g/mol. The van der Waals surface area contributed by atoms with Gasteiger partial charge in [0.25, 0.3) is 0 Å². The fourth-order valence-electron chi connectivity index (χ4n) is 2.17. The number of rotatable bonds is 8. The van der Waals surface area contributed by atoms with Crippen LogP contribution >= 0.6 is 11.3 Å². The van der Waals surface area contributed by atoms with Crippen molar-refractivity contribution in [1.82, 2.24) is 5.32 Å². The van der Waals surface area contributed by atoms with Crippen LogP contribution in [0, 0.1) is 0 Å². The van der Waals surface area contributed by atoms with Crippen molar-refractivity contribution in [2.75, 3.05) is 27.9 Å². The quantitative estimate of drug-likeness (QED) is 0.746. The van der Waals surface area contributed by atoms with Crippen LogP contribution in [0.2, 0.25) is 0 Å². The van der Waals surface area contributed by atoms with Crippen LogP contribution in [0.15, 0.2) is 35.0 Å². The molecule has 1 amide bonds. The topological polar surface area (TPSA) is 56.8 Å². The summed E-state index contributed by atoms with van der Waals surface area (Å²) in [5, 5.41) is 6.97. The molecule has 2 aromatic rings. The molecule has 0 spiro atoms. The van der Waals surface area contributed by atoms with Crippen molar-refractivity contribution in [3.63, 3.8) is 0 Å². The molecule has 2 rings (SSSR count). The van der Waals surface area contributed by atoms with Gasteiger partial charge < -0.3 is 19.5 Å². The normalized spacial score (nSPS) is 10.6. The van der Waals surface area contributed by atoms with Gasteiger partial charge in [0, 0.05) is 24.3 Å². The maximum atomic E-state index is 11.9. The molecule has 128 valence electrons. The number of thiophene rings is 1. The maximum Gasteiger partial charge on any atom is 0.244 e. The molecule has 0 saturated heterocycles. The lowest BCUT2D eigenvalue weighted by Crippen LogP contribution is -2.23. The summed E-state index contributed by atoms with van der Waals surface area (Å²) in [6, 6.07) is 5.56. The maximum absolute atomic E-state index is 11.9. The first-order valence-electron chi connectivity index (χ1n) is 7.45. The summed E-state index contributed by atoms with van der Waals surface area (Å²) in [5.41, 5.74) is 1.97. The second kappa shape index (κ2) is 8.98. The van der Waals surface area contributed by atoms with Crippen LogP contribution in [0.3, 0.4) is 0 Å². The summed E-state index contributed by atoms with van der Waals surface area (Å²) in [4.78, 5) is 11.9. The minimum atomic E-state index is -0.151. The first-order valence-corrected chi connectivity index (χ1v) is 8.39. The van der Waals surface area contributed by atoms with Crippen molar-refractivity contribution >= 4 is 23.3 Å². The number of carbonyl (C=O) groups excluding carboxylic acids is 1. The zero-order valence-electron chi connectivity index (χ0n) is 14.0. The summed E-state index contributed by atoms with van der Waals surface area (Å²) in [6.07, 6.45) is 4.00. The fraction of sp³-hybridized carbons (Fsp3) is 0.278. The molecule has 1 N–H and O–H groups in total. The predicted octanol–water partition coefficient (Wildman–Crippen LogP) is 3.15. The minimum Gasteiger partial charge on any atom is -0.496 e. The first kappa shape index (κ1) is 17.9. The highest BCUT2D eigenvalue weighted by Crippen LogP contribution is 2.35. The lowest BCUT2D eigenvalue weighted by atomic mass is 10.1. The molecule has 0 aliphatic rings. The fourth-order valence-corrected chi connectivity index (χ4v) is 2.88. The molecule has 24 heavy (non-hydrogen) atoms. The van der Waals surface area contributed by atoms with Crippen molar-refractivity contribution in [1.29, 1.82) is 0 Å². The second-order valence-electron chi connectivity index (χ2n) is 4.96. The summed E-state index contributed by atoms with van der Waals surface area (Å²) >= 11 is 1.65. The molecule has 1 heterocycles. The van der Waals surface area contributed by atoms with Gasteiger partial charge in [0.15, 0.2) is 11.5 Å². The van der Waals surface area contributed by atoms with Crippen molar-refractivity contribution in [2.24, 2.45) is 0 Å². The third-order valence-corrected chi connectivity index (χ3v) is 4.18. The molecule has 0 radical (unpaired) electrons. The molecule has 0 atom stereocenters. The number of carbonyl (C=O) groups is 1. The molecule has 0 unspecified atom stereocenters. The number of hydrogen-bond donors (Lipinski definition) is 1. The van der Waals surface area contributed by atoms with Gasteiger partial charge in [0.1, 0.15) is 5.75 Å². The summed E-state index contributed by atoms with van der Waals surface area (Å²) in [6.45, 7) is 0.600. The molecule has 5 nitrogen and oxygen atoms in total. The van der Waals surface area contributed by atoms with Gasteiger partial charge in [-0.05, 0) is 41.0 Å². The average Bonchev–Trinajstić information content (AvgIpc) is 3.12. The van der Waals surface area contributed by atoms with Crippen LogP contribution in [0.25, 0.3) is 6.08 Å². The van der Waals surface area contributed by atoms with E-state index in [1.165, 1.54) is 11.6 Å². The van der Waals surface area contributed by atoms with Crippen LogP contribution in [-0.4, -0.2) is 33.8 Å². The van der Waals surface area contributed by atoms with Crippen molar-refractivity contribution in [3.05, 3.63) is 46.2 Å². The highest BCUT2D eigenvalue weighted by atomic mass is 32.1. The Labute approximate surface area is 145 Å². The number of benzene rings is 1. The molecule has 0 fully saturated rings.